The predicted octanol–water partition coefficient (Wildman–Crippen LogP) is 4.31. The van der Waals surface area contributed by atoms with Crippen LogP contribution >= 0.6 is 11.3 Å². The van der Waals surface area contributed by atoms with Crippen LogP contribution in [-0.2, 0) is 17.6 Å². The summed E-state index contributed by atoms with van der Waals surface area (Å²) in [6.45, 7) is 4.78. The van der Waals surface area contributed by atoms with Crippen LogP contribution in [0.25, 0.3) is 10.1 Å². The maximum absolute atomic E-state index is 14.0. The minimum absolute atomic E-state index is 0.154. The van der Waals surface area contributed by atoms with E-state index in [4.69, 9.17) is 0 Å². The number of rotatable bonds is 4. The summed E-state index contributed by atoms with van der Waals surface area (Å²) in [6.07, 6.45) is 2.43. The number of hydrogen-bond acceptors (Lipinski definition) is 4. The highest BCUT2D eigenvalue weighted by Crippen LogP contribution is 2.32. The molecule has 1 amide bonds. The first-order valence-corrected chi connectivity index (χ1v) is 11.5. The van der Waals surface area contributed by atoms with Gasteiger partial charge in [-0.2, -0.15) is 0 Å². The smallest absolute Gasteiger partial charge is 0.227 e. The van der Waals surface area contributed by atoms with Crippen LogP contribution in [0, 0.1) is 5.82 Å². The van der Waals surface area contributed by atoms with E-state index in [-0.39, 0.29) is 11.7 Å². The van der Waals surface area contributed by atoms with Gasteiger partial charge in [0.15, 0.2) is 0 Å². The fourth-order valence-electron chi connectivity index (χ4n) is 4.61. The van der Waals surface area contributed by atoms with E-state index in [0.29, 0.717) is 6.42 Å². The van der Waals surface area contributed by atoms with Crippen molar-refractivity contribution in [1.82, 2.24) is 4.90 Å². The monoisotopic (exact) mass is 423 g/mol. The van der Waals surface area contributed by atoms with Crippen LogP contribution in [0.3, 0.4) is 0 Å². The van der Waals surface area contributed by atoms with E-state index in [0.717, 1.165) is 67.0 Å². The van der Waals surface area contributed by atoms with Gasteiger partial charge in [0.05, 0.1) is 0 Å². The van der Waals surface area contributed by atoms with Gasteiger partial charge in [-0.05, 0) is 53.6 Å². The van der Waals surface area contributed by atoms with Crippen molar-refractivity contribution in [3.8, 4) is 0 Å². The number of carbonyl (C=O) groups is 1. The highest BCUT2D eigenvalue weighted by atomic mass is 32.1. The van der Waals surface area contributed by atoms with Crippen molar-refractivity contribution in [2.45, 2.75) is 19.3 Å². The van der Waals surface area contributed by atoms with E-state index in [9.17, 15) is 9.18 Å². The fourth-order valence-corrected chi connectivity index (χ4v) is 5.44. The molecule has 6 heteroatoms. The fraction of sp³-hybridized carbons (Fsp3) is 0.375. The van der Waals surface area contributed by atoms with Gasteiger partial charge in [0.2, 0.25) is 5.91 Å². The number of aryl methyl sites for hydroxylation is 1. The molecule has 3 aromatic rings. The Balaban J connectivity index is 1.21. The summed E-state index contributed by atoms with van der Waals surface area (Å²) in [6, 6.07) is 12.0. The summed E-state index contributed by atoms with van der Waals surface area (Å²) >= 11 is 1.59. The van der Waals surface area contributed by atoms with Gasteiger partial charge in [-0.25, -0.2) is 4.39 Å². The third kappa shape index (κ3) is 3.70. The first-order chi connectivity index (χ1) is 14.6. The van der Waals surface area contributed by atoms with Crippen LogP contribution in [0.2, 0.25) is 0 Å². The van der Waals surface area contributed by atoms with E-state index < -0.39 is 0 Å². The number of hydrogen-bond donors (Lipinski definition) is 0. The molecule has 0 spiro atoms. The van der Waals surface area contributed by atoms with Crippen molar-refractivity contribution >= 4 is 38.7 Å². The minimum atomic E-state index is -0.154. The molecule has 1 aromatic heterocycles. The maximum atomic E-state index is 14.0. The molecule has 1 saturated heterocycles. The highest BCUT2D eigenvalue weighted by molar-refractivity contribution is 7.17. The molecule has 3 heterocycles. The third-order valence-corrected chi connectivity index (χ3v) is 7.30. The Morgan fingerprint density at radius 2 is 1.83 bits per heavy atom. The van der Waals surface area contributed by atoms with Crippen molar-refractivity contribution in [2.24, 2.45) is 0 Å². The zero-order valence-corrected chi connectivity index (χ0v) is 18.1. The van der Waals surface area contributed by atoms with Crippen LogP contribution in [0.15, 0.2) is 41.8 Å². The van der Waals surface area contributed by atoms with Gasteiger partial charge in [0, 0.05) is 67.7 Å². The Hall–Kier alpha value is -2.44. The molecule has 4 nitrogen and oxygen atoms in total. The molecule has 0 atom stereocenters. The molecule has 2 aliphatic heterocycles. The van der Waals surface area contributed by atoms with Crippen molar-refractivity contribution in [3.05, 3.63) is 58.7 Å². The summed E-state index contributed by atoms with van der Waals surface area (Å²) in [4.78, 5) is 18.6. The number of anilines is 2. The maximum Gasteiger partial charge on any atom is 0.227 e. The SMILES string of the molecule is CN1C(=O)CCc2ccc(CCN3CCN(c4cc(F)cc5sccc45)CC3)cc21. The molecule has 0 N–H and O–H groups in total. The van der Waals surface area contributed by atoms with E-state index >= 15 is 0 Å². The molecule has 0 saturated carbocycles. The topological polar surface area (TPSA) is 26.8 Å². The molecule has 1 fully saturated rings. The first kappa shape index (κ1) is 19.5. The number of fused-ring (bicyclic) bond motifs is 2. The number of nitrogens with zero attached hydrogens (tertiary/aromatic N) is 3. The molecule has 2 aromatic carbocycles. The summed E-state index contributed by atoms with van der Waals surface area (Å²) in [7, 11) is 1.88. The van der Waals surface area contributed by atoms with Crippen LogP contribution in [0.1, 0.15) is 17.5 Å². The third-order valence-electron chi connectivity index (χ3n) is 6.44. The van der Waals surface area contributed by atoms with Crippen LogP contribution in [0.4, 0.5) is 15.8 Å². The number of carbonyl (C=O) groups excluding carboxylic acids is 1. The van der Waals surface area contributed by atoms with Gasteiger partial charge in [0.1, 0.15) is 5.82 Å². The molecule has 156 valence electrons. The number of thiophene rings is 1. The molecule has 0 bridgehead atoms. The van der Waals surface area contributed by atoms with Gasteiger partial charge in [-0.15, -0.1) is 11.3 Å². The zero-order chi connectivity index (χ0) is 20.7. The average Bonchev–Trinajstić information content (AvgIpc) is 3.23. The normalized spacial score (nSPS) is 17.6. The van der Waals surface area contributed by atoms with Crippen LogP contribution in [-0.4, -0.2) is 50.6 Å². The summed E-state index contributed by atoms with van der Waals surface area (Å²) in [5.74, 6) is 0.0473. The summed E-state index contributed by atoms with van der Waals surface area (Å²) < 4.78 is 15.0. The van der Waals surface area contributed by atoms with Crippen molar-refractivity contribution in [1.29, 1.82) is 0 Å². The van der Waals surface area contributed by atoms with E-state index in [1.54, 1.807) is 28.4 Å². The lowest BCUT2D eigenvalue weighted by molar-refractivity contribution is -0.118. The Bertz CT molecular complexity index is 1090. The molecule has 5 rings (SSSR count). The molecular formula is C24H26FN3OS. The molecule has 0 aliphatic carbocycles. The molecule has 0 radical (unpaired) electrons. The van der Waals surface area contributed by atoms with Crippen LogP contribution < -0.4 is 9.80 Å². The van der Waals surface area contributed by atoms with E-state index in [2.05, 4.69) is 34.1 Å². The number of amides is 1. The van der Waals surface area contributed by atoms with Crippen molar-refractivity contribution in [3.63, 3.8) is 0 Å². The lowest BCUT2D eigenvalue weighted by Crippen LogP contribution is -2.47. The number of benzene rings is 2. The van der Waals surface area contributed by atoms with Crippen LogP contribution in [0.5, 0.6) is 0 Å². The van der Waals surface area contributed by atoms with E-state index in [1.807, 2.05) is 12.4 Å². The largest absolute Gasteiger partial charge is 0.368 e. The Labute approximate surface area is 180 Å². The number of piperazine rings is 1. The predicted molar refractivity (Wildman–Crippen MR) is 122 cm³/mol. The molecular weight excluding hydrogens is 397 g/mol. The second-order valence-corrected chi connectivity index (χ2v) is 9.20. The second-order valence-electron chi connectivity index (χ2n) is 8.25. The number of halogens is 1. The highest BCUT2D eigenvalue weighted by Gasteiger charge is 2.22. The molecule has 0 unspecified atom stereocenters. The lowest BCUT2D eigenvalue weighted by atomic mass is 9.98. The minimum Gasteiger partial charge on any atom is -0.368 e. The standard InChI is InChI=1S/C24H26FN3OS/c1-26-21-14-17(2-3-18(21)4-5-24(26)29)6-8-27-9-11-28(12-10-27)22-15-19(25)16-23-20(22)7-13-30-23/h2-3,7,13-16H,4-6,8-12H2,1H3. The quantitative estimate of drug-likeness (QED) is 0.626. The van der Waals surface area contributed by atoms with Gasteiger partial charge in [-0.3, -0.25) is 9.69 Å². The van der Waals surface area contributed by atoms with Crippen molar-refractivity contribution in [2.75, 3.05) is 49.6 Å². The summed E-state index contributed by atoms with van der Waals surface area (Å²) in [5.41, 5.74) is 4.64. The average molecular weight is 424 g/mol. The first-order valence-electron chi connectivity index (χ1n) is 10.6. The second kappa shape index (κ2) is 8.00. The Morgan fingerprint density at radius 3 is 2.67 bits per heavy atom. The Morgan fingerprint density at radius 1 is 1.00 bits per heavy atom. The van der Waals surface area contributed by atoms with Gasteiger partial charge in [-0.1, -0.05) is 12.1 Å². The summed E-state index contributed by atoms with van der Waals surface area (Å²) in [5, 5.41) is 3.19. The Kier molecular flexibility index (Phi) is 5.21. The van der Waals surface area contributed by atoms with E-state index in [1.165, 1.54) is 11.1 Å². The van der Waals surface area contributed by atoms with Gasteiger partial charge in [0.25, 0.3) is 0 Å². The molecule has 2 aliphatic rings. The van der Waals surface area contributed by atoms with Crippen molar-refractivity contribution < 1.29 is 9.18 Å². The molecule has 30 heavy (non-hydrogen) atoms. The van der Waals surface area contributed by atoms with Gasteiger partial charge < -0.3 is 9.80 Å². The van der Waals surface area contributed by atoms with Gasteiger partial charge >= 0.3 is 0 Å². The zero-order valence-electron chi connectivity index (χ0n) is 17.2. The lowest BCUT2D eigenvalue weighted by Gasteiger charge is -2.36.